The van der Waals surface area contributed by atoms with E-state index < -0.39 is 11.8 Å². The lowest BCUT2D eigenvalue weighted by atomic mass is 10.2. The van der Waals surface area contributed by atoms with Gasteiger partial charge in [0.15, 0.2) is 0 Å². The number of benzene rings is 2. The van der Waals surface area contributed by atoms with E-state index in [4.69, 9.17) is 10.2 Å². The summed E-state index contributed by atoms with van der Waals surface area (Å²) in [5.41, 5.74) is 0.186. The van der Waals surface area contributed by atoms with Gasteiger partial charge in [-0.05, 0) is 36.4 Å². The van der Waals surface area contributed by atoms with Crippen LogP contribution >= 0.6 is 11.8 Å². The Morgan fingerprint density at radius 1 is 1.11 bits per heavy atom. The number of phenolic OH excluding ortho intramolecular Hbond substituents is 1. The van der Waals surface area contributed by atoms with E-state index in [1.807, 2.05) is 0 Å². The van der Waals surface area contributed by atoms with Gasteiger partial charge in [-0.15, -0.1) is 0 Å². The number of aromatic hydroxyl groups is 1. The van der Waals surface area contributed by atoms with E-state index in [-0.39, 0.29) is 11.3 Å². The Morgan fingerprint density at radius 2 is 1.78 bits per heavy atom. The van der Waals surface area contributed by atoms with Crippen LogP contribution in [0.5, 0.6) is 5.75 Å². The number of carbonyl (C=O) groups is 1. The van der Waals surface area contributed by atoms with Crippen molar-refractivity contribution in [3.63, 3.8) is 0 Å². The van der Waals surface area contributed by atoms with Crippen molar-refractivity contribution in [3.8, 4) is 5.75 Å². The van der Waals surface area contributed by atoms with E-state index in [9.17, 15) is 9.18 Å². The average Bonchev–Trinajstić information content (AvgIpc) is 2.33. The normalized spacial score (nSPS) is 10.3. The average molecular weight is 264 g/mol. The number of aromatic carboxylic acids is 1. The van der Waals surface area contributed by atoms with Crippen molar-refractivity contribution >= 4 is 17.7 Å². The molecule has 0 unspecified atom stereocenters. The fraction of sp³-hybridized carbons (Fsp3) is 0. The molecule has 0 bridgehead atoms. The molecule has 0 aliphatic rings. The van der Waals surface area contributed by atoms with Gasteiger partial charge in [0.05, 0.1) is 5.56 Å². The summed E-state index contributed by atoms with van der Waals surface area (Å²) < 4.78 is 13.5. The van der Waals surface area contributed by atoms with E-state index in [0.29, 0.717) is 4.90 Å². The molecule has 0 fully saturated rings. The number of rotatable bonds is 3. The molecule has 18 heavy (non-hydrogen) atoms. The van der Waals surface area contributed by atoms with E-state index in [1.54, 1.807) is 12.1 Å². The van der Waals surface area contributed by atoms with E-state index in [0.717, 1.165) is 22.7 Å². The van der Waals surface area contributed by atoms with Crippen molar-refractivity contribution in [2.45, 2.75) is 9.79 Å². The fourth-order valence-corrected chi connectivity index (χ4v) is 2.18. The minimum atomic E-state index is -0.998. The van der Waals surface area contributed by atoms with Crippen LogP contribution in [-0.4, -0.2) is 16.2 Å². The second kappa shape index (κ2) is 5.10. The molecule has 2 rings (SSSR count). The highest BCUT2D eigenvalue weighted by Gasteiger charge is 2.06. The van der Waals surface area contributed by atoms with Crippen molar-refractivity contribution in [2.24, 2.45) is 0 Å². The van der Waals surface area contributed by atoms with E-state index in [1.165, 1.54) is 24.3 Å². The number of carboxylic acid groups (broad SMARTS) is 1. The molecule has 0 saturated carbocycles. The summed E-state index contributed by atoms with van der Waals surface area (Å²) in [5, 5.41) is 17.8. The third kappa shape index (κ3) is 2.81. The molecule has 0 aromatic heterocycles. The van der Waals surface area contributed by atoms with Crippen LogP contribution in [-0.2, 0) is 0 Å². The van der Waals surface area contributed by atoms with Crippen molar-refractivity contribution in [2.75, 3.05) is 0 Å². The molecule has 0 aliphatic carbocycles. The molecule has 2 aromatic rings. The zero-order chi connectivity index (χ0) is 13.1. The van der Waals surface area contributed by atoms with Crippen LogP contribution in [0.3, 0.4) is 0 Å². The summed E-state index contributed by atoms with van der Waals surface area (Å²) in [6.07, 6.45) is 0. The molecule has 0 radical (unpaired) electrons. The predicted molar refractivity (Wildman–Crippen MR) is 65.6 cm³/mol. The molecule has 0 amide bonds. The van der Waals surface area contributed by atoms with Gasteiger partial charge < -0.3 is 10.2 Å². The van der Waals surface area contributed by atoms with Crippen LogP contribution in [0.15, 0.2) is 52.3 Å². The predicted octanol–water partition coefficient (Wildman–Crippen LogP) is 3.38. The smallest absolute Gasteiger partial charge is 0.335 e. The molecule has 0 aliphatic heterocycles. The SMILES string of the molecule is O=C(O)c1ccc(Sc2ccc(O)cc2F)cc1. The minimum absolute atomic E-state index is 0.127. The van der Waals surface area contributed by atoms with Crippen LogP contribution in [0, 0.1) is 5.82 Å². The third-order valence-corrected chi connectivity index (χ3v) is 3.30. The Labute approximate surface area is 107 Å². The summed E-state index contributed by atoms with van der Waals surface area (Å²) in [7, 11) is 0. The highest BCUT2D eigenvalue weighted by Crippen LogP contribution is 2.31. The Morgan fingerprint density at radius 3 is 2.33 bits per heavy atom. The molecule has 2 aromatic carbocycles. The summed E-state index contributed by atoms with van der Waals surface area (Å²) in [6.45, 7) is 0. The molecular formula is C13H9FO3S. The van der Waals surface area contributed by atoms with Crippen LogP contribution in [0.1, 0.15) is 10.4 Å². The topological polar surface area (TPSA) is 57.5 Å². The quantitative estimate of drug-likeness (QED) is 0.892. The van der Waals surface area contributed by atoms with Gasteiger partial charge in [-0.2, -0.15) is 0 Å². The molecule has 0 saturated heterocycles. The second-order valence-electron chi connectivity index (χ2n) is 3.55. The highest BCUT2D eigenvalue weighted by molar-refractivity contribution is 7.99. The lowest BCUT2D eigenvalue weighted by Crippen LogP contribution is -1.94. The molecule has 5 heteroatoms. The number of phenols is 1. The van der Waals surface area contributed by atoms with Gasteiger partial charge in [-0.25, -0.2) is 9.18 Å². The third-order valence-electron chi connectivity index (χ3n) is 2.24. The molecule has 0 heterocycles. The van der Waals surface area contributed by atoms with Gasteiger partial charge in [0.25, 0.3) is 0 Å². The first kappa shape index (κ1) is 12.4. The van der Waals surface area contributed by atoms with Gasteiger partial charge in [-0.1, -0.05) is 11.8 Å². The number of carboxylic acids is 1. The molecule has 0 spiro atoms. The fourth-order valence-electron chi connectivity index (χ4n) is 1.37. The van der Waals surface area contributed by atoms with Gasteiger partial charge in [0.1, 0.15) is 11.6 Å². The Balaban J connectivity index is 2.21. The summed E-state index contributed by atoms with van der Waals surface area (Å²) in [5.74, 6) is -1.64. The summed E-state index contributed by atoms with van der Waals surface area (Å²) in [4.78, 5) is 11.8. The maximum atomic E-state index is 13.5. The Kier molecular flexibility index (Phi) is 3.53. The first-order valence-electron chi connectivity index (χ1n) is 5.06. The standard InChI is InChI=1S/C13H9FO3S/c14-11-7-9(15)3-6-12(11)18-10-4-1-8(2-5-10)13(16)17/h1-7,15H,(H,16,17). The van der Waals surface area contributed by atoms with Crippen molar-refractivity contribution in [1.82, 2.24) is 0 Å². The van der Waals surface area contributed by atoms with Gasteiger partial charge in [0.2, 0.25) is 0 Å². The van der Waals surface area contributed by atoms with Gasteiger partial charge in [-0.3, -0.25) is 0 Å². The van der Waals surface area contributed by atoms with Gasteiger partial charge >= 0.3 is 5.97 Å². The zero-order valence-corrected chi connectivity index (χ0v) is 9.95. The van der Waals surface area contributed by atoms with E-state index in [2.05, 4.69) is 0 Å². The second-order valence-corrected chi connectivity index (χ2v) is 4.66. The monoisotopic (exact) mass is 264 g/mol. The van der Waals surface area contributed by atoms with Crippen LogP contribution < -0.4 is 0 Å². The summed E-state index contributed by atoms with van der Waals surface area (Å²) in [6, 6.07) is 10.1. The first-order chi connectivity index (χ1) is 8.56. The van der Waals surface area contributed by atoms with Gasteiger partial charge in [0, 0.05) is 15.9 Å². The van der Waals surface area contributed by atoms with Crippen LogP contribution in [0.2, 0.25) is 0 Å². The lowest BCUT2D eigenvalue weighted by Gasteiger charge is -2.04. The van der Waals surface area contributed by atoms with E-state index >= 15 is 0 Å². The first-order valence-corrected chi connectivity index (χ1v) is 5.87. The zero-order valence-electron chi connectivity index (χ0n) is 9.13. The Bertz CT molecular complexity index is 581. The van der Waals surface area contributed by atoms with Crippen LogP contribution in [0.25, 0.3) is 0 Å². The van der Waals surface area contributed by atoms with Crippen molar-refractivity contribution < 1.29 is 19.4 Å². The molecule has 0 atom stereocenters. The van der Waals surface area contributed by atoms with Crippen LogP contribution in [0.4, 0.5) is 4.39 Å². The molecular weight excluding hydrogens is 255 g/mol. The number of hydrogen-bond donors (Lipinski definition) is 2. The molecule has 3 nitrogen and oxygen atoms in total. The lowest BCUT2D eigenvalue weighted by molar-refractivity contribution is 0.0697. The Hall–Kier alpha value is -2.01. The maximum Gasteiger partial charge on any atom is 0.335 e. The number of halogens is 1. The molecule has 92 valence electrons. The number of hydrogen-bond acceptors (Lipinski definition) is 3. The van der Waals surface area contributed by atoms with Crippen molar-refractivity contribution in [1.29, 1.82) is 0 Å². The molecule has 2 N–H and O–H groups in total. The van der Waals surface area contributed by atoms with Crippen molar-refractivity contribution in [3.05, 3.63) is 53.8 Å². The summed E-state index contributed by atoms with van der Waals surface area (Å²) >= 11 is 1.16. The largest absolute Gasteiger partial charge is 0.508 e. The minimum Gasteiger partial charge on any atom is -0.508 e. The maximum absolute atomic E-state index is 13.5. The highest BCUT2D eigenvalue weighted by atomic mass is 32.2.